The number of thiophene rings is 1. The molecule has 7 nitrogen and oxygen atoms in total. The van der Waals surface area contributed by atoms with Crippen LogP contribution in [0.25, 0.3) is 21.6 Å². The highest BCUT2D eigenvalue weighted by Crippen LogP contribution is 2.29. The standard InChI is InChI=1S/C27H25N5O2S/c1-18(2)32-26-23(16-30-32)22(14-24(31-26)25-7-5-13-35-25)27(33)29-15-19-8-10-21(11-9-19)34-17-20-6-3-4-12-28-20/h3-14,16,18H,15,17H2,1-2H3,(H,29,33). The van der Waals surface area contributed by atoms with E-state index in [1.807, 2.05) is 70.7 Å². The molecule has 0 aliphatic heterocycles. The summed E-state index contributed by atoms with van der Waals surface area (Å²) in [5.74, 6) is 0.595. The van der Waals surface area contributed by atoms with Crippen molar-refractivity contribution in [2.24, 2.45) is 0 Å². The summed E-state index contributed by atoms with van der Waals surface area (Å²) >= 11 is 1.60. The number of aromatic nitrogens is 4. The van der Waals surface area contributed by atoms with Gasteiger partial charge >= 0.3 is 0 Å². The second-order valence-corrected chi connectivity index (χ2v) is 9.34. The molecule has 0 spiro atoms. The van der Waals surface area contributed by atoms with E-state index in [1.165, 1.54) is 0 Å². The molecule has 1 amide bonds. The lowest BCUT2D eigenvalue weighted by Gasteiger charge is -2.11. The Morgan fingerprint density at radius 1 is 1.11 bits per heavy atom. The minimum Gasteiger partial charge on any atom is -0.487 e. The molecule has 0 aliphatic rings. The third kappa shape index (κ3) is 5.07. The number of pyridine rings is 2. The lowest BCUT2D eigenvalue weighted by molar-refractivity contribution is 0.0952. The van der Waals surface area contributed by atoms with Crippen molar-refractivity contribution >= 4 is 28.3 Å². The fourth-order valence-corrected chi connectivity index (χ4v) is 4.44. The third-order valence-electron chi connectivity index (χ3n) is 5.56. The SMILES string of the molecule is CC(C)n1ncc2c(C(=O)NCc3ccc(OCc4ccccn4)cc3)cc(-c3cccs3)nc21. The fraction of sp³-hybridized carbons (Fsp3) is 0.185. The predicted molar refractivity (Wildman–Crippen MR) is 137 cm³/mol. The van der Waals surface area contributed by atoms with Gasteiger partial charge in [-0.1, -0.05) is 24.3 Å². The van der Waals surface area contributed by atoms with Crippen molar-refractivity contribution in [2.75, 3.05) is 0 Å². The van der Waals surface area contributed by atoms with Crippen LogP contribution in [-0.2, 0) is 13.2 Å². The minimum atomic E-state index is -0.158. The van der Waals surface area contributed by atoms with E-state index < -0.39 is 0 Å². The lowest BCUT2D eigenvalue weighted by atomic mass is 10.1. The van der Waals surface area contributed by atoms with Crippen molar-refractivity contribution in [1.82, 2.24) is 25.1 Å². The number of benzene rings is 1. The Balaban J connectivity index is 1.31. The van der Waals surface area contributed by atoms with Crippen LogP contribution in [0.2, 0.25) is 0 Å². The number of hydrogen-bond donors (Lipinski definition) is 1. The average molecular weight is 484 g/mol. The largest absolute Gasteiger partial charge is 0.487 e. The van der Waals surface area contributed by atoms with Gasteiger partial charge in [0.05, 0.1) is 33.4 Å². The Labute approximate surface area is 207 Å². The molecule has 4 aromatic heterocycles. The molecule has 5 aromatic rings. The molecule has 0 aliphatic carbocycles. The highest BCUT2D eigenvalue weighted by molar-refractivity contribution is 7.13. The molecule has 0 radical (unpaired) electrons. The number of fused-ring (bicyclic) bond motifs is 1. The first-order chi connectivity index (χ1) is 17.1. The van der Waals surface area contributed by atoms with Crippen molar-refractivity contribution in [3.05, 3.63) is 95.3 Å². The van der Waals surface area contributed by atoms with Crippen molar-refractivity contribution in [1.29, 1.82) is 0 Å². The number of ether oxygens (including phenoxy) is 1. The number of amides is 1. The maximum absolute atomic E-state index is 13.3. The summed E-state index contributed by atoms with van der Waals surface area (Å²) in [4.78, 5) is 23.4. The van der Waals surface area contributed by atoms with Crippen LogP contribution in [0.4, 0.5) is 0 Å². The minimum absolute atomic E-state index is 0.132. The molecule has 0 saturated heterocycles. The second-order valence-electron chi connectivity index (χ2n) is 8.39. The van der Waals surface area contributed by atoms with Gasteiger partial charge in [-0.2, -0.15) is 5.10 Å². The first kappa shape index (κ1) is 22.7. The van der Waals surface area contributed by atoms with E-state index in [2.05, 4.69) is 29.2 Å². The summed E-state index contributed by atoms with van der Waals surface area (Å²) in [6.45, 7) is 4.91. The number of carbonyl (C=O) groups excluding carboxylic acids is 1. The summed E-state index contributed by atoms with van der Waals surface area (Å²) in [6.07, 6.45) is 3.47. The van der Waals surface area contributed by atoms with Gasteiger partial charge in [-0.3, -0.25) is 9.78 Å². The quantitative estimate of drug-likeness (QED) is 0.309. The van der Waals surface area contributed by atoms with Gasteiger partial charge in [0.15, 0.2) is 5.65 Å². The molecule has 176 valence electrons. The Morgan fingerprint density at radius 2 is 1.97 bits per heavy atom. The summed E-state index contributed by atoms with van der Waals surface area (Å²) < 4.78 is 7.65. The van der Waals surface area contributed by atoms with Crippen LogP contribution in [0.3, 0.4) is 0 Å². The van der Waals surface area contributed by atoms with Gasteiger partial charge in [0.1, 0.15) is 12.4 Å². The second kappa shape index (κ2) is 10.1. The van der Waals surface area contributed by atoms with E-state index in [4.69, 9.17) is 9.72 Å². The zero-order chi connectivity index (χ0) is 24.2. The van der Waals surface area contributed by atoms with E-state index in [0.717, 1.165) is 33.0 Å². The zero-order valence-corrected chi connectivity index (χ0v) is 20.3. The molecule has 0 atom stereocenters. The zero-order valence-electron chi connectivity index (χ0n) is 19.5. The molecular weight excluding hydrogens is 458 g/mol. The van der Waals surface area contributed by atoms with E-state index >= 15 is 0 Å². The van der Waals surface area contributed by atoms with Crippen LogP contribution < -0.4 is 10.1 Å². The van der Waals surface area contributed by atoms with E-state index in [0.29, 0.717) is 24.4 Å². The number of nitrogens with zero attached hydrogens (tertiary/aromatic N) is 4. The van der Waals surface area contributed by atoms with Gasteiger partial charge in [0.25, 0.3) is 5.91 Å². The summed E-state index contributed by atoms with van der Waals surface area (Å²) in [5, 5.41) is 10.3. The van der Waals surface area contributed by atoms with Gasteiger partial charge in [0.2, 0.25) is 0 Å². The van der Waals surface area contributed by atoms with E-state index in [1.54, 1.807) is 23.7 Å². The summed E-state index contributed by atoms with van der Waals surface area (Å²) in [5.41, 5.74) is 3.90. The summed E-state index contributed by atoms with van der Waals surface area (Å²) in [7, 11) is 0. The van der Waals surface area contributed by atoms with Crippen LogP contribution in [-0.4, -0.2) is 25.7 Å². The molecule has 0 saturated carbocycles. The van der Waals surface area contributed by atoms with Crippen molar-refractivity contribution in [2.45, 2.75) is 33.0 Å². The van der Waals surface area contributed by atoms with Crippen LogP contribution in [0, 0.1) is 0 Å². The van der Waals surface area contributed by atoms with Crippen molar-refractivity contribution in [3.63, 3.8) is 0 Å². The average Bonchev–Trinajstić information content (AvgIpc) is 3.57. The molecular formula is C27H25N5O2S. The van der Waals surface area contributed by atoms with Gasteiger partial charge < -0.3 is 10.1 Å². The summed E-state index contributed by atoms with van der Waals surface area (Å²) in [6, 6.07) is 19.4. The van der Waals surface area contributed by atoms with Gasteiger partial charge in [0, 0.05) is 18.8 Å². The Hall–Kier alpha value is -4.04. The Morgan fingerprint density at radius 3 is 2.69 bits per heavy atom. The van der Waals surface area contributed by atoms with Crippen LogP contribution in [0.15, 0.2) is 78.4 Å². The molecule has 35 heavy (non-hydrogen) atoms. The Bertz CT molecular complexity index is 1430. The topological polar surface area (TPSA) is 81.9 Å². The van der Waals surface area contributed by atoms with Crippen molar-refractivity contribution in [3.8, 4) is 16.3 Å². The first-order valence-electron chi connectivity index (χ1n) is 11.4. The van der Waals surface area contributed by atoms with Gasteiger partial charge in [-0.15, -0.1) is 11.3 Å². The molecule has 0 bridgehead atoms. The number of carbonyl (C=O) groups is 1. The molecule has 1 aromatic carbocycles. The smallest absolute Gasteiger partial charge is 0.252 e. The van der Waals surface area contributed by atoms with Crippen LogP contribution in [0.1, 0.15) is 41.5 Å². The van der Waals surface area contributed by atoms with Gasteiger partial charge in [-0.25, -0.2) is 9.67 Å². The van der Waals surface area contributed by atoms with E-state index in [9.17, 15) is 4.79 Å². The highest BCUT2D eigenvalue weighted by Gasteiger charge is 2.18. The van der Waals surface area contributed by atoms with E-state index in [-0.39, 0.29) is 11.9 Å². The predicted octanol–water partition coefficient (Wildman–Crippen LogP) is 5.64. The Kier molecular flexibility index (Phi) is 6.54. The van der Waals surface area contributed by atoms with Crippen LogP contribution in [0.5, 0.6) is 5.75 Å². The fourth-order valence-electron chi connectivity index (χ4n) is 3.76. The molecule has 0 fully saturated rings. The number of rotatable bonds is 8. The molecule has 4 heterocycles. The molecule has 0 unspecified atom stereocenters. The normalized spacial score (nSPS) is 11.2. The molecule has 1 N–H and O–H groups in total. The van der Waals surface area contributed by atoms with Crippen molar-refractivity contribution < 1.29 is 9.53 Å². The van der Waals surface area contributed by atoms with Crippen LogP contribution >= 0.6 is 11.3 Å². The first-order valence-corrected chi connectivity index (χ1v) is 12.3. The lowest BCUT2D eigenvalue weighted by Crippen LogP contribution is -2.23. The molecule has 5 rings (SSSR count). The number of hydrogen-bond acceptors (Lipinski definition) is 6. The van der Waals surface area contributed by atoms with Gasteiger partial charge in [-0.05, 0) is 61.2 Å². The maximum atomic E-state index is 13.3. The number of nitrogens with one attached hydrogen (secondary N) is 1. The maximum Gasteiger partial charge on any atom is 0.252 e. The highest BCUT2D eigenvalue weighted by atomic mass is 32.1. The monoisotopic (exact) mass is 483 g/mol. The third-order valence-corrected chi connectivity index (χ3v) is 6.46. The molecule has 8 heteroatoms.